The Morgan fingerprint density at radius 3 is 2.09 bits per heavy atom. The SMILES string of the molecule is O=C1c2ccccc2CN1Cc1cccc(CN2Cc3ccc(CO)c(CO)c3C2=O)c1. The standard InChI is InChI=1S/C26H24N2O4/c29-15-21-9-8-20-14-28(26(32)24(20)23(21)16-30)12-18-5-3-4-17(10-18)11-27-13-19-6-1-2-7-22(19)25(27)31/h1-10,29-30H,11-16H2. The molecule has 162 valence electrons. The van der Waals surface area contributed by atoms with Crippen molar-refractivity contribution < 1.29 is 19.8 Å². The summed E-state index contributed by atoms with van der Waals surface area (Å²) in [6.45, 7) is 1.55. The molecule has 0 unspecified atom stereocenters. The third-order valence-electron chi connectivity index (χ3n) is 6.32. The second-order valence-electron chi connectivity index (χ2n) is 8.35. The Morgan fingerprint density at radius 1 is 0.719 bits per heavy atom. The van der Waals surface area contributed by atoms with Crippen molar-refractivity contribution in [2.45, 2.75) is 39.4 Å². The highest BCUT2D eigenvalue weighted by Crippen LogP contribution is 2.30. The molecule has 2 heterocycles. The Morgan fingerprint density at radius 2 is 1.41 bits per heavy atom. The van der Waals surface area contributed by atoms with Crippen molar-refractivity contribution >= 4 is 11.8 Å². The van der Waals surface area contributed by atoms with E-state index >= 15 is 0 Å². The first-order valence-corrected chi connectivity index (χ1v) is 10.7. The molecule has 2 amide bonds. The molecule has 0 saturated carbocycles. The van der Waals surface area contributed by atoms with Crippen LogP contribution < -0.4 is 0 Å². The second kappa shape index (κ2) is 8.22. The Hall–Kier alpha value is -3.48. The fourth-order valence-corrected chi connectivity index (χ4v) is 4.74. The van der Waals surface area contributed by atoms with Crippen LogP contribution in [0.2, 0.25) is 0 Å². The summed E-state index contributed by atoms with van der Waals surface area (Å²) in [5, 5.41) is 19.3. The van der Waals surface area contributed by atoms with Crippen molar-refractivity contribution in [3.05, 3.63) is 105 Å². The monoisotopic (exact) mass is 428 g/mol. The lowest BCUT2D eigenvalue weighted by Crippen LogP contribution is -2.25. The Kier molecular flexibility index (Phi) is 5.25. The third kappa shape index (κ3) is 3.47. The van der Waals surface area contributed by atoms with Gasteiger partial charge in [-0.25, -0.2) is 0 Å². The van der Waals surface area contributed by atoms with E-state index in [4.69, 9.17) is 0 Å². The number of hydrogen-bond donors (Lipinski definition) is 2. The molecule has 0 saturated heterocycles. The van der Waals surface area contributed by atoms with Gasteiger partial charge in [-0.1, -0.05) is 54.6 Å². The highest BCUT2D eigenvalue weighted by Gasteiger charge is 2.31. The molecule has 6 heteroatoms. The Bertz CT molecular complexity index is 1220. The zero-order chi connectivity index (χ0) is 22.2. The summed E-state index contributed by atoms with van der Waals surface area (Å²) in [7, 11) is 0. The number of aliphatic hydroxyl groups excluding tert-OH is 2. The molecule has 0 radical (unpaired) electrons. The van der Waals surface area contributed by atoms with Crippen LogP contribution in [0.5, 0.6) is 0 Å². The van der Waals surface area contributed by atoms with Crippen LogP contribution in [-0.4, -0.2) is 31.8 Å². The smallest absolute Gasteiger partial charge is 0.255 e. The molecular formula is C26H24N2O4. The number of amides is 2. The predicted molar refractivity (Wildman–Crippen MR) is 118 cm³/mol. The summed E-state index contributed by atoms with van der Waals surface area (Å²) < 4.78 is 0. The number of aliphatic hydroxyl groups is 2. The maximum atomic E-state index is 13.1. The van der Waals surface area contributed by atoms with Crippen molar-refractivity contribution in [1.29, 1.82) is 0 Å². The maximum Gasteiger partial charge on any atom is 0.255 e. The van der Waals surface area contributed by atoms with Crippen LogP contribution in [0.3, 0.4) is 0 Å². The van der Waals surface area contributed by atoms with Crippen LogP contribution in [0.4, 0.5) is 0 Å². The third-order valence-corrected chi connectivity index (χ3v) is 6.32. The topological polar surface area (TPSA) is 81.1 Å². The number of benzene rings is 3. The molecule has 0 fully saturated rings. The molecule has 0 aliphatic carbocycles. The minimum absolute atomic E-state index is 0.0485. The molecule has 6 nitrogen and oxygen atoms in total. The van der Waals surface area contributed by atoms with Crippen LogP contribution in [0.1, 0.15) is 54.1 Å². The van der Waals surface area contributed by atoms with Crippen molar-refractivity contribution in [3.8, 4) is 0 Å². The van der Waals surface area contributed by atoms with E-state index in [1.165, 1.54) is 0 Å². The highest BCUT2D eigenvalue weighted by atomic mass is 16.3. The molecule has 0 atom stereocenters. The van der Waals surface area contributed by atoms with Gasteiger partial charge in [0, 0.05) is 31.7 Å². The van der Waals surface area contributed by atoms with E-state index in [1.54, 1.807) is 11.0 Å². The maximum absolute atomic E-state index is 13.1. The number of hydrogen-bond acceptors (Lipinski definition) is 4. The van der Waals surface area contributed by atoms with Crippen molar-refractivity contribution in [1.82, 2.24) is 9.80 Å². The number of carbonyl (C=O) groups excluding carboxylic acids is 2. The molecule has 0 bridgehead atoms. The minimum Gasteiger partial charge on any atom is -0.392 e. The van der Waals surface area contributed by atoms with Gasteiger partial charge in [-0.05, 0) is 39.4 Å². The first kappa shape index (κ1) is 20.4. The van der Waals surface area contributed by atoms with Crippen molar-refractivity contribution in [2.75, 3.05) is 0 Å². The second-order valence-corrected chi connectivity index (χ2v) is 8.35. The van der Waals surface area contributed by atoms with E-state index in [1.807, 2.05) is 59.5 Å². The lowest BCUT2D eigenvalue weighted by atomic mass is 9.98. The average molecular weight is 428 g/mol. The largest absolute Gasteiger partial charge is 0.392 e. The number of nitrogens with zero attached hydrogens (tertiary/aromatic N) is 2. The normalized spacial score (nSPS) is 14.8. The first-order valence-electron chi connectivity index (χ1n) is 10.7. The van der Waals surface area contributed by atoms with Crippen LogP contribution in [0, 0.1) is 0 Å². The zero-order valence-electron chi connectivity index (χ0n) is 17.6. The van der Waals surface area contributed by atoms with Crippen LogP contribution in [0.15, 0.2) is 60.7 Å². The van der Waals surface area contributed by atoms with Crippen LogP contribution in [0.25, 0.3) is 0 Å². The van der Waals surface area contributed by atoms with E-state index in [0.717, 1.165) is 27.8 Å². The molecule has 0 spiro atoms. The number of carbonyl (C=O) groups is 2. The molecule has 2 N–H and O–H groups in total. The van der Waals surface area contributed by atoms with Gasteiger partial charge in [-0.2, -0.15) is 0 Å². The summed E-state index contributed by atoms with van der Waals surface area (Å²) in [6, 6.07) is 19.3. The van der Waals surface area contributed by atoms with Crippen LogP contribution >= 0.6 is 0 Å². The predicted octanol–water partition coefficient (Wildman–Crippen LogP) is 2.98. The lowest BCUT2D eigenvalue weighted by molar-refractivity contribution is 0.0761. The zero-order valence-corrected chi connectivity index (χ0v) is 17.6. The average Bonchev–Trinajstić information content (AvgIpc) is 3.30. The highest BCUT2D eigenvalue weighted by molar-refractivity contribution is 6.00. The van der Waals surface area contributed by atoms with Crippen LogP contribution in [-0.2, 0) is 39.4 Å². The molecule has 5 rings (SSSR count). The summed E-state index contributed by atoms with van der Waals surface area (Å²) in [5.74, 6) is -0.0812. The summed E-state index contributed by atoms with van der Waals surface area (Å²) in [6.07, 6.45) is 0. The first-order chi connectivity index (χ1) is 15.6. The van der Waals surface area contributed by atoms with E-state index in [-0.39, 0.29) is 25.0 Å². The minimum atomic E-state index is -0.277. The molecule has 32 heavy (non-hydrogen) atoms. The molecule has 3 aromatic rings. The van der Waals surface area contributed by atoms with E-state index in [9.17, 15) is 19.8 Å². The molecule has 0 aromatic heterocycles. The van der Waals surface area contributed by atoms with Gasteiger partial charge in [0.2, 0.25) is 0 Å². The fourth-order valence-electron chi connectivity index (χ4n) is 4.74. The molecule has 3 aromatic carbocycles. The van der Waals surface area contributed by atoms with Gasteiger partial charge in [0.05, 0.1) is 18.8 Å². The summed E-state index contributed by atoms with van der Waals surface area (Å²) >= 11 is 0. The van der Waals surface area contributed by atoms with Gasteiger partial charge >= 0.3 is 0 Å². The van der Waals surface area contributed by atoms with E-state index in [2.05, 4.69) is 0 Å². The van der Waals surface area contributed by atoms with Gasteiger partial charge in [0.25, 0.3) is 11.8 Å². The van der Waals surface area contributed by atoms with Gasteiger partial charge < -0.3 is 20.0 Å². The van der Waals surface area contributed by atoms with Gasteiger partial charge in [0.15, 0.2) is 0 Å². The molecule has 2 aliphatic rings. The summed E-state index contributed by atoms with van der Waals surface area (Å²) in [4.78, 5) is 29.3. The van der Waals surface area contributed by atoms with Crippen molar-refractivity contribution in [3.63, 3.8) is 0 Å². The summed E-state index contributed by atoms with van der Waals surface area (Å²) in [5.41, 5.74) is 6.30. The van der Waals surface area contributed by atoms with Gasteiger partial charge in [-0.3, -0.25) is 9.59 Å². The fraction of sp³-hybridized carbons (Fsp3) is 0.231. The van der Waals surface area contributed by atoms with E-state index in [0.29, 0.717) is 42.9 Å². The van der Waals surface area contributed by atoms with Gasteiger partial charge in [0.1, 0.15) is 0 Å². The molecular weight excluding hydrogens is 404 g/mol. The number of fused-ring (bicyclic) bond motifs is 2. The van der Waals surface area contributed by atoms with Gasteiger partial charge in [-0.15, -0.1) is 0 Å². The number of rotatable bonds is 6. The lowest BCUT2D eigenvalue weighted by Gasteiger charge is -2.19. The van der Waals surface area contributed by atoms with Crippen molar-refractivity contribution in [2.24, 2.45) is 0 Å². The quantitative estimate of drug-likeness (QED) is 0.633. The Balaban J connectivity index is 1.32. The molecule has 2 aliphatic heterocycles. The Labute approximate surface area is 186 Å². The van der Waals surface area contributed by atoms with E-state index < -0.39 is 0 Å².